The zero-order chi connectivity index (χ0) is 11.5. The number of amides is 1. The normalized spacial score (nSPS) is 10.3. The maximum absolute atomic E-state index is 11.6. The van der Waals surface area contributed by atoms with Gasteiger partial charge in [0.2, 0.25) is 6.39 Å². The van der Waals surface area contributed by atoms with E-state index >= 15 is 0 Å². The molecule has 16 heavy (non-hydrogen) atoms. The average molecular weight is 222 g/mol. The van der Waals surface area contributed by atoms with Gasteiger partial charge >= 0.3 is 0 Å². The maximum atomic E-state index is 11.6. The van der Waals surface area contributed by atoms with Gasteiger partial charge in [0.05, 0.1) is 12.7 Å². The Morgan fingerprint density at radius 3 is 3.06 bits per heavy atom. The molecule has 0 aliphatic rings. The van der Waals surface area contributed by atoms with Crippen molar-refractivity contribution >= 4 is 11.7 Å². The lowest BCUT2D eigenvalue weighted by Crippen LogP contribution is -2.24. The molecule has 0 saturated heterocycles. The number of rotatable bonds is 3. The van der Waals surface area contributed by atoms with Crippen LogP contribution in [0.4, 0.5) is 5.82 Å². The van der Waals surface area contributed by atoms with Gasteiger partial charge in [0.1, 0.15) is 11.4 Å². The van der Waals surface area contributed by atoms with Crippen LogP contribution in [0.1, 0.15) is 16.2 Å². The fourth-order valence-electron chi connectivity index (χ4n) is 1.15. The Hall–Kier alpha value is -2.38. The van der Waals surface area contributed by atoms with E-state index in [1.807, 2.05) is 0 Å². The van der Waals surface area contributed by atoms with Gasteiger partial charge in [0.15, 0.2) is 5.82 Å². The van der Waals surface area contributed by atoms with Crippen LogP contribution >= 0.6 is 0 Å². The molecule has 0 radical (unpaired) electrons. The zero-order valence-electron chi connectivity index (χ0n) is 8.54. The SMILES string of the molecule is Cn1ncc(C(=O)NCc2ncon2)c1N. The van der Waals surface area contributed by atoms with Crippen LogP contribution in [0, 0.1) is 0 Å². The smallest absolute Gasteiger partial charge is 0.257 e. The van der Waals surface area contributed by atoms with Crippen LogP contribution in [0.2, 0.25) is 0 Å². The van der Waals surface area contributed by atoms with Crippen LogP contribution in [0.3, 0.4) is 0 Å². The summed E-state index contributed by atoms with van der Waals surface area (Å²) in [6.45, 7) is 0.184. The van der Waals surface area contributed by atoms with Crippen molar-refractivity contribution in [2.24, 2.45) is 7.05 Å². The molecule has 0 bridgehead atoms. The Bertz CT molecular complexity index is 489. The molecule has 2 heterocycles. The van der Waals surface area contributed by atoms with Gasteiger partial charge < -0.3 is 15.6 Å². The number of nitrogen functional groups attached to an aromatic ring is 1. The second-order valence-corrected chi connectivity index (χ2v) is 3.10. The maximum Gasteiger partial charge on any atom is 0.257 e. The Morgan fingerprint density at radius 2 is 2.50 bits per heavy atom. The third-order valence-electron chi connectivity index (χ3n) is 2.04. The van der Waals surface area contributed by atoms with Crippen LogP contribution in [0.5, 0.6) is 0 Å². The molecule has 0 atom stereocenters. The van der Waals surface area contributed by atoms with Gasteiger partial charge in [-0.1, -0.05) is 5.16 Å². The number of aryl methyl sites for hydroxylation is 1. The van der Waals surface area contributed by atoms with Crippen molar-refractivity contribution in [2.75, 3.05) is 5.73 Å². The van der Waals surface area contributed by atoms with E-state index in [0.717, 1.165) is 0 Å². The highest BCUT2D eigenvalue weighted by molar-refractivity contribution is 5.98. The Balaban J connectivity index is 2.01. The molecule has 0 fully saturated rings. The summed E-state index contributed by atoms with van der Waals surface area (Å²) in [7, 11) is 1.66. The monoisotopic (exact) mass is 222 g/mol. The number of carbonyl (C=O) groups is 1. The molecule has 0 spiro atoms. The van der Waals surface area contributed by atoms with Crippen molar-refractivity contribution in [3.05, 3.63) is 24.0 Å². The lowest BCUT2D eigenvalue weighted by atomic mass is 10.3. The van der Waals surface area contributed by atoms with E-state index in [9.17, 15) is 4.79 Å². The predicted octanol–water partition coefficient (Wildman–Crippen LogP) is -0.685. The lowest BCUT2D eigenvalue weighted by Gasteiger charge is -2.01. The molecule has 2 rings (SSSR count). The molecule has 2 aromatic rings. The van der Waals surface area contributed by atoms with E-state index in [1.54, 1.807) is 7.05 Å². The molecule has 0 saturated carbocycles. The Kier molecular flexibility index (Phi) is 2.54. The average Bonchev–Trinajstić information content (AvgIpc) is 2.88. The molecule has 3 N–H and O–H groups in total. The number of aromatic nitrogens is 4. The number of carbonyl (C=O) groups excluding carboxylic acids is 1. The minimum Gasteiger partial charge on any atom is -0.383 e. The summed E-state index contributed by atoms with van der Waals surface area (Å²) in [4.78, 5) is 15.4. The van der Waals surface area contributed by atoms with Crippen LogP contribution in [-0.2, 0) is 13.6 Å². The summed E-state index contributed by atoms with van der Waals surface area (Å²) < 4.78 is 5.95. The fourth-order valence-corrected chi connectivity index (χ4v) is 1.15. The van der Waals surface area contributed by atoms with E-state index in [-0.39, 0.29) is 12.5 Å². The molecule has 0 aromatic carbocycles. The quantitative estimate of drug-likeness (QED) is 0.711. The molecule has 8 nitrogen and oxygen atoms in total. The van der Waals surface area contributed by atoms with E-state index in [4.69, 9.17) is 5.73 Å². The van der Waals surface area contributed by atoms with Gasteiger partial charge in [0.25, 0.3) is 5.91 Å². The van der Waals surface area contributed by atoms with Crippen LogP contribution in [0.15, 0.2) is 17.1 Å². The Labute approximate surface area is 90.4 Å². The van der Waals surface area contributed by atoms with Gasteiger partial charge in [-0.25, -0.2) is 0 Å². The fraction of sp³-hybridized carbons (Fsp3) is 0.250. The summed E-state index contributed by atoms with van der Waals surface area (Å²) in [5.41, 5.74) is 5.97. The number of hydrogen-bond donors (Lipinski definition) is 2. The van der Waals surface area contributed by atoms with Crippen molar-refractivity contribution in [1.82, 2.24) is 25.2 Å². The molecule has 84 valence electrons. The lowest BCUT2D eigenvalue weighted by molar-refractivity contribution is 0.0950. The van der Waals surface area contributed by atoms with Crippen molar-refractivity contribution in [1.29, 1.82) is 0 Å². The van der Waals surface area contributed by atoms with E-state index in [1.165, 1.54) is 17.3 Å². The van der Waals surface area contributed by atoms with Crippen molar-refractivity contribution in [2.45, 2.75) is 6.54 Å². The molecular weight excluding hydrogens is 212 g/mol. The number of hydrogen-bond acceptors (Lipinski definition) is 6. The molecule has 0 unspecified atom stereocenters. The van der Waals surface area contributed by atoms with Gasteiger partial charge in [-0.05, 0) is 0 Å². The molecular formula is C8H10N6O2. The summed E-state index contributed by atoms with van der Waals surface area (Å²) in [5.74, 6) is 0.386. The summed E-state index contributed by atoms with van der Waals surface area (Å²) in [6, 6.07) is 0. The highest BCUT2D eigenvalue weighted by Crippen LogP contribution is 2.08. The number of nitrogens with two attached hydrogens (primary N) is 1. The summed E-state index contributed by atoms with van der Waals surface area (Å²) >= 11 is 0. The third kappa shape index (κ3) is 1.85. The first-order chi connectivity index (χ1) is 7.68. The molecule has 2 aromatic heterocycles. The van der Waals surface area contributed by atoms with Crippen LogP contribution in [-0.4, -0.2) is 25.8 Å². The molecule has 0 aliphatic heterocycles. The highest BCUT2D eigenvalue weighted by atomic mass is 16.5. The van der Waals surface area contributed by atoms with Gasteiger partial charge in [0, 0.05) is 7.05 Å². The van der Waals surface area contributed by atoms with E-state index < -0.39 is 0 Å². The number of nitrogens with one attached hydrogen (secondary N) is 1. The molecule has 8 heteroatoms. The second-order valence-electron chi connectivity index (χ2n) is 3.10. The molecule has 0 aliphatic carbocycles. The topological polar surface area (TPSA) is 112 Å². The van der Waals surface area contributed by atoms with Gasteiger partial charge in [-0.2, -0.15) is 10.1 Å². The summed E-state index contributed by atoms with van der Waals surface area (Å²) in [5, 5.41) is 10.0. The van der Waals surface area contributed by atoms with Crippen LogP contribution in [0.25, 0.3) is 0 Å². The van der Waals surface area contributed by atoms with Gasteiger partial charge in [-0.3, -0.25) is 9.48 Å². The standard InChI is InChI=1S/C8H10N6O2/c1-14-7(9)5(2-12-14)8(15)10-3-6-11-4-16-13-6/h2,4H,3,9H2,1H3,(H,10,15). The Morgan fingerprint density at radius 1 is 1.69 bits per heavy atom. The van der Waals surface area contributed by atoms with Gasteiger partial charge in [-0.15, -0.1) is 0 Å². The first-order valence-electron chi connectivity index (χ1n) is 4.49. The second kappa shape index (κ2) is 4.01. The molecule has 1 amide bonds. The van der Waals surface area contributed by atoms with Crippen LogP contribution < -0.4 is 11.1 Å². The van der Waals surface area contributed by atoms with Crippen molar-refractivity contribution < 1.29 is 9.32 Å². The summed E-state index contributed by atoms with van der Waals surface area (Å²) in [6.07, 6.45) is 2.60. The zero-order valence-corrected chi connectivity index (χ0v) is 8.54. The predicted molar refractivity (Wildman–Crippen MR) is 53.1 cm³/mol. The largest absolute Gasteiger partial charge is 0.383 e. The van der Waals surface area contributed by atoms with Crippen molar-refractivity contribution in [3.8, 4) is 0 Å². The van der Waals surface area contributed by atoms with E-state index in [2.05, 4.69) is 25.1 Å². The first kappa shape index (κ1) is 10.1. The minimum absolute atomic E-state index is 0.184. The van der Waals surface area contributed by atoms with E-state index in [0.29, 0.717) is 17.2 Å². The number of anilines is 1. The van der Waals surface area contributed by atoms with Crippen molar-refractivity contribution in [3.63, 3.8) is 0 Å². The minimum atomic E-state index is -0.324. The third-order valence-corrected chi connectivity index (χ3v) is 2.04. The highest BCUT2D eigenvalue weighted by Gasteiger charge is 2.13. The first-order valence-corrected chi connectivity index (χ1v) is 4.49. The number of nitrogens with zero attached hydrogens (tertiary/aromatic N) is 4.